The Bertz CT molecular complexity index is 531. The molecule has 1 aliphatic heterocycles. The fourth-order valence-corrected chi connectivity index (χ4v) is 4.01. The molecule has 1 aromatic heterocycles. The van der Waals surface area contributed by atoms with Crippen molar-refractivity contribution in [1.82, 2.24) is 14.8 Å². The number of H-pyrrole nitrogens is 1. The summed E-state index contributed by atoms with van der Waals surface area (Å²) in [5, 5.41) is 15.5. The van der Waals surface area contributed by atoms with Crippen molar-refractivity contribution >= 4 is 22.1 Å². The minimum Gasteiger partial charge on any atom is -0.388 e. The summed E-state index contributed by atoms with van der Waals surface area (Å²) >= 11 is 5.02. The lowest BCUT2D eigenvalue weighted by molar-refractivity contribution is 0.261. The Morgan fingerprint density at radius 2 is 2.38 bits per heavy atom. The van der Waals surface area contributed by atoms with E-state index in [2.05, 4.69) is 10.2 Å². The van der Waals surface area contributed by atoms with E-state index in [4.69, 9.17) is 17.3 Å². The number of aliphatic hydroxyl groups is 1. The van der Waals surface area contributed by atoms with Crippen LogP contribution in [0, 0.1) is 10.7 Å². The second-order valence-electron chi connectivity index (χ2n) is 3.98. The quantitative estimate of drug-likeness (QED) is 0.742. The van der Waals surface area contributed by atoms with Gasteiger partial charge >= 0.3 is 0 Å². The zero-order valence-corrected chi connectivity index (χ0v) is 10.2. The second kappa shape index (κ2) is 4.27. The van der Waals surface area contributed by atoms with Crippen molar-refractivity contribution in [2.45, 2.75) is 19.6 Å². The third kappa shape index (κ3) is 2.33. The van der Waals surface area contributed by atoms with E-state index in [1.54, 1.807) is 4.57 Å². The molecule has 0 aliphatic carbocycles. The van der Waals surface area contributed by atoms with Gasteiger partial charge in [-0.25, -0.2) is 8.42 Å². The van der Waals surface area contributed by atoms with E-state index >= 15 is 0 Å². The molecule has 1 atom stereocenters. The van der Waals surface area contributed by atoms with E-state index in [0.717, 1.165) is 0 Å². The Kier molecular flexibility index (Phi) is 3.13. The summed E-state index contributed by atoms with van der Waals surface area (Å²) in [5.74, 6) is 0.969. The molecule has 1 saturated heterocycles. The van der Waals surface area contributed by atoms with Crippen molar-refractivity contribution in [3.8, 4) is 0 Å². The number of nitrogens with zero attached hydrogens (tertiary/aromatic N) is 2. The number of rotatable bonds is 3. The maximum Gasteiger partial charge on any atom is 0.195 e. The van der Waals surface area contributed by atoms with Crippen molar-refractivity contribution in [3.05, 3.63) is 10.6 Å². The summed E-state index contributed by atoms with van der Waals surface area (Å²) in [6, 6.07) is 0. The van der Waals surface area contributed by atoms with E-state index < -0.39 is 9.84 Å². The van der Waals surface area contributed by atoms with Crippen molar-refractivity contribution < 1.29 is 13.5 Å². The van der Waals surface area contributed by atoms with Gasteiger partial charge in [-0.05, 0) is 24.6 Å². The van der Waals surface area contributed by atoms with E-state index in [1.165, 1.54) is 0 Å². The fraction of sp³-hybridized carbons (Fsp3) is 0.750. The molecule has 0 saturated carbocycles. The van der Waals surface area contributed by atoms with Crippen LogP contribution in [-0.4, -0.2) is 39.8 Å². The molecule has 2 heterocycles. The smallest absolute Gasteiger partial charge is 0.195 e. The maximum absolute atomic E-state index is 11.3. The predicted molar refractivity (Wildman–Crippen MR) is 60.1 cm³/mol. The van der Waals surface area contributed by atoms with Gasteiger partial charge in [-0.1, -0.05) is 0 Å². The van der Waals surface area contributed by atoms with Gasteiger partial charge in [0.1, 0.15) is 6.61 Å². The van der Waals surface area contributed by atoms with E-state index in [1.807, 2.05) is 0 Å². The van der Waals surface area contributed by atoms with E-state index in [9.17, 15) is 8.42 Å². The number of aliphatic hydroxyl groups excluding tert-OH is 1. The number of nitrogens with one attached hydrogen (secondary N) is 1. The van der Waals surface area contributed by atoms with Gasteiger partial charge in [-0.15, -0.1) is 0 Å². The predicted octanol–water partition coefficient (Wildman–Crippen LogP) is -0.132. The van der Waals surface area contributed by atoms with Gasteiger partial charge in [0.2, 0.25) is 0 Å². The molecule has 1 unspecified atom stereocenters. The Hall–Kier alpha value is -0.730. The molecule has 1 fully saturated rings. The highest BCUT2D eigenvalue weighted by Gasteiger charge is 2.28. The molecule has 0 radical (unpaired) electrons. The van der Waals surface area contributed by atoms with Gasteiger partial charge in [0, 0.05) is 6.54 Å². The highest BCUT2D eigenvalue weighted by atomic mass is 32.2. The molecule has 1 aliphatic rings. The first kappa shape index (κ1) is 11.7. The van der Waals surface area contributed by atoms with E-state index in [0.29, 0.717) is 23.6 Å². The highest BCUT2D eigenvalue weighted by Crippen LogP contribution is 2.20. The first-order chi connectivity index (χ1) is 7.52. The van der Waals surface area contributed by atoms with Crippen molar-refractivity contribution in [2.75, 3.05) is 11.5 Å². The van der Waals surface area contributed by atoms with Crippen LogP contribution in [0.1, 0.15) is 12.2 Å². The standard InChI is InChI=1S/C8H13N3O3S2/c12-4-7-9-10-8(15)11(7)3-6-1-2-16(13,14)5-6/h6,12H,1-5H2,(H,10,15). The Labute approximate surface area is 98.2 Å². The van der Waals surface area contributed by atoms with Gasteiger partial charge in [0.25, 0.3) is 0 Å². The molecule has 8 heteroatoms. The minimum absolute atomic E-state index is 0.0691. The Balaban J connectivity index is 2.16. The van der Waals surface area contributed by atoms with Crippen LogP contribution in [-0.2, 0) is 23.0 Å². The summed E-state index contributed by atoms with van der Waals surface area (Å²) in [6.07, 6.45) is 0.653. The molecule has 6 nitrogen and oxygen atoms in total. The van der Waals surface area contributed by atoms with Crippen LogP contribution in [0.4, 0.5) is 0 Å². The summed E-state index contributed by atoms with van der Waals surface area (Å²) in [6.45, 7) is 0.303. The summed E-state index contributed by atoms with van der Waals surface area (Å²) < 4.78 is 24.7. The lowest BCUT2D eigenvalue weighted by Gasteiger charge is -2.09. The lowest BCUT2D eigenvalue weighted by Crippen LogP contribution is -2.14. The number of hydrogen-bond acceptors (Lipinski definition) is 5. The summed E-state index contributed by atoms with van der Waals surface area (Å²) in [7, 11) is -2.87. The average molecular weight is 263 g/mol. The fourth-order valence-electron chi connectivity index (χ4n) is 1.93. The molecular weight excluding hydrogens is 250 g/mol. The molecule has 16 heavy (non-hydrogen) atoms. The van der Waals surface area contributed by atoms with Crippen molar-refractivity contribution in [2.24, 2.45) is 5.92 Å². The van der Waals surface area contributed by atoms with Gasteiger partial charge in [-0.3, -0.25) is 5.10 Å². The van der Waals surface area contributed by atoms with Crippen LogP contribution in [0.25, 0.3) is 0 Å². The number of sulfone groups is 1. The minimum atomic E-state index is -2.87. The largest absolute Gasteiger partial charge is 0.388 e. The van der Waals surface area contributed by atoms with Crippen LogP contribution >= 0.6 is 12.2 Å². The Morgan fingerprint density at radius 1 is 1.62 bits per heavy atom. The topological polar surface area (TPSA) is 88.0 Å². The molecule has 90 valence electrons. The first-order valence-electron chi connectivity index (χ1n) is 4.97. The SMILES string of the molecule is O=S1(=O)CCC(Cn2c(CO)n[nH]c2=S)C1. The molecule has 1 aromatic rings. The summed E-state index contributed by atoms with van der Waals surface area (Å²) in [4.78, 5) is 0. The van der Waals surface area contributed by atoms with Gasteiger partial charge in [-0.2, -0.15) is 5.10 Å². The zero-order valence-electron chi connectivity index (χ0n) is 8.59. The molecule has 0 aromatic carbocycles. The van der Waals surface area contributed by atoms with Crippen LogP contribution in [0.5, 0.6) is 0 Å². The van der Waals surface area contributed by atoms with Crippen LogP contribution in [0.15, 0.2) is 0 Å². The lowest BCUT2D eigenvalue weighted by atomic mass is 10.1. The summed E-state index contributed by atoms with van der Waals surface area (Å²) in [5.41, 5.74) is 0. The number of aromatic amines is 1. The average Bonchev–Trinajstić information content (AvgIpc) is 2.72. The van der Waals surface area contributed by atoms with E-state index in [-0.39, 0.29) is 24.0 Å². The number of hydrogen-bond donors (Lipinski definition) is 2. The third-order valence-electron chi connectivity index (χ3n) is 2.75. The third-order valence-corrected chi connectivity index (χ3v) is 4.89. The highest BCUT2D eigenvalue weighted by molar-refractivity contribution is 7.91. The van der Waals surface area contributed by atoms with Crippen molar-refractivity contribution in [3.63, 3.8) is 0 Å². The molecule has 0 bridgehead atoms. The van der Waals surface area contributed by atoms with Gasteiger partial charge in [0.15, 0.2) is 20.4 Å². The molecular formula is C8H13N3O3S2. The molecule has 2 N–H and O–H groups in total. The van der Waals surface area contributed by atoms with Crippen LogP contribution in [0.2, 0.25) is 0 Å². The molecule has 0 spiro atoms. The van der Waals surface area contributed by atoms with Gasteiger partial charge < -0.3 is 9.67 Å². The monoisotopic (exact) mass is 263 g/mol. The maximum atomic E-state index is 11.3. The molecule has 0 amide bonds. The Morgan fingerprint density at radius 3 is 2.94 bits per heavy atom. The van der Waals surface area contributed by atoms with Crippen LogP contribution < -0.4 is 0 Å². The van der Waals surface area contributed by atoms with Crippen LogP contribution in [0.3, 0.4) is 0 Å². The zero-order chi connectivity index (χ0) is 11.8. The first-order valence-corrected chi connectivity index (χ1v) is 7.20. The second-order valence-corrected chi connectivity index (χ2v) is 6.60. The van der Waals surface area contributed by atoms with Crippen molar-refractivity contribution in [1.29, 1.82) is 0 Å². The molecule has 2 rings (SSSR count). The number of aromatic nitrogens is 3. The normalized spacial score (nSPS) is 23.7. The van der Waals surface area contributed by atoms with Gasteiger partial charge in [0.05, 0.1) is 11.5 Å².